The average Bonchev–Trinajstić information content (AvgIpc) is 3.03. The molecule has 128 valence electrons. The summed E-state index contributed by atoms with van der Waals surface area (Å²) in [4.78, 5) is 11.3. The first-order valence-electron chi connectivity index (χ1n) is 8.07. The van der Waals surface area contributed by atoms with E-state index in [1.165, 1.54) is 6.92 Å². The highest BCUT2D eigenvalue weighted by Crippen LogP contribution is 2.23. The molecule has 0 bridgehead atoms. The van der Waals surface area contributed by atoms with Crippen LogP contribution in [0.3, 0.4) is 0 Å². The minimum Gasteiger partial charge on any atom is -0.423 e. The van der Waals surface area contributed by atoms with Gasteiger partial charge >= 0.3 is 0 Å². The van der Waals surface area contributed by atoms with Crippen molar-refractivity contribution in [1.82, 2.24) is 10.2 Å². The molecule has 0 fully saturated rings. The van der Waals surface area contributed by atoms with Crippen molar-refractivity contribution in [2.75, 3.05) is 10.6 Å². The molecule has 2 aromatic carbocycles. The van der Waals surface area contributed by atoms with Gasteiger partial charge in [-0.3, -0.25) is 4.79 Å². The number of aromatic nitrogens is 2. The summed E-state index contributed by atoms with van der Waals surface area (Å²) in [6.07, 6.45) is 0.607. The molecule has 6 heteroatoms. The summed E-state index contributed by atoms with van der Waals surface area (Å²) >= 11 is 0. The van der Waals surface area contributed by atoms with Gasteiger partial charge in [0.1, 0.15) is 0 Å². The van der Waals surface area contributed by atoms with Crippen molar-refractivity contribution in [2.45, 2.75) is 26.8 Å². The first-order valence-corrected chi connectivity index (χ1v) is 8.07. The summed E-state index contributed by atoms with van der Waals surface area (Å²) in [6, 6.07) is 15.8. The zero-order valence-corrected chi connectivity index (χ0v) is 14.2. The van der Waals surface area contributed by atoms with E-state index in [1.54, 1.807) is 0 Å². The first-order chi connectivity index (χ1) is 12.1. The number of rotatable bonds is 6. The predicted octanol–water partition coefficient (Wildman–Crippen LogP) is 3.54. The number of hydrogen-bond acceptors (Lipinski definition) is 5. The van der Waals surface area contributed by atoms with Gasteiger partial charge < -0.3 is 15.1 Å². The molecule has 0 aliphatic rings. The molecule has 1 aromatic heterocycles. The van der Waals surface area contributed by atoms with Crippen molar-refractivity contribution in [3.63, 3.8) is 0 Å². The van der Waals surface area contributed by atoms with Crippen LogP contribution in [0, 0.1) is 6.92 Å². The second-order valence-electron chi connectivity index (χ2n) is 5.84. The van der Waals surface area contributed by atoms with Gasteiger partial charge in [-0.1, -0.05) is 36.4 Å². The fourth-order valence-corrected chi connectivity index (χ4v) is 2.48. The Balaban J connectivity index is 1.66. The number of aryl methyl sites for hydroxylation is 1. The minimum absolute atomic E-state index is 0.116. The number of anilines is 2. The lowest BCUT2D eigenvalue weighted by molar-refractivity contribution is -0.114. The maximum absolute atomic E-state index is 11.3. The van der Waals surface area contributed by atoms with Crippen LogP contribution in [0.4, 0.5) is 11.4 Å². The van der Waals surface area contributed by atoms with Gasteiger partial charge in [0.05, 0.1) is 24.3 Å². The van der Waals surface area contributed by atoms with Crippen LogP contribution < -0.4 is 10.6 Å². The SMILES string of the molecule is CC(=O)Nc1ccc(C)cc1NCc1nnc(Cc2ccccc2)o1. The smallest absolute Gasteiger partial charge is 0.235 e. The fraction of sp³-hybridized carbons (Fsp3) is 0.211. The van der Waals surface area contributed by atoms with E-state index in [4.69, 9.17) is 4.42 Å². The normalized spacial score (nSPS) is 10.5. The topological polar surface area (TPSA) is 80.0 Å². The molecule has 0 atom stereocenters. The van der Waals surface area contributed by atoms with Crippen molar-refractivity contribution in [2.24, 2.45) is 0 Å². The molecule has 3 rings (SSSR count). The summed E-state index contributed by atoms with van der Waals surface area (Å²) in [6.45, 7) is 3.86. The Morgan fingerprint density at radius 1 is 1.04 bits per heavy atom. The van der Waals surface area contributed by atoms with Crippen molar-refractivity contribution < 1.29 is 9.21 Å². The van der Waals surface area contributed by atoms with Crippen LogP contribution in [0.2, 0.25) is 0 Å². The van der Waals surface area contributed by atoms with Gasteiger partial charge in [0, 0.05) is 6.92 Å². The lowest BCUT2D eigenvalue weighted by atomic mass is 10.2. The van der Waals surface area contributed by atoms with Crippen LogP contribution in [-0.2, 0) is 17.8 Å². The van der Waals surface area contributed by atoms with E-state index < -0.39 is 0 Å². The van der Waals surface area contributed by atoms with E-state index in [9.17, 15) is 4.79 Å². The summed E-state index contributed by atoms with van der Waals surface area (Å²) in [7, 11) is 0. The number of hydrogen-bond donors (Lipinski definition) is 2. The summed E-state index contributed by atoms with van der Waals surface area (Å²) < 4.78 is 5.69. The fourth-order valence-electron chi connectivity index (χ4n) is 2.48. The molecule has 0 saturated carbocycles. The molecule has 6 nitrogen and oxygen atoms in total. The highest BCUT2D eigenvalue weighted by atomic mass is 16.4. The second-order valence-corrected chi connectivity index (χ2v) is 5.84. The van der Waals surface area contributed by atoms with Gasteiger partial charge in [0.25, 0.3) is 0 Å². The first kappa shape index (κ1) is 16.7. The van der Waals surface area contributed by atoms with Crippen LogP contribution >= 0.6 is 0 Å². The van der Waals surface area contributed by atoms with Crippen molar-refractivity contribution in [1.29, 1.82) is 0 Å². The van der Waals surface area contributed by atoms with Gasteiger partial charge in [-0.25, -0.2) is 0 Å². The lowest BCUT2D eigenvalue weighted by Crippen LogP contribution is -2.09. The number of nitrogens with zero attached hydrogens (tertiary/aromatic N) is 2. The highest BCUT2D eigenvalue weighted by molar-refractivity contribution is 5.92. The quantitative estimate of drug-likeness (QED) is 0.720. The number of nitrogens with one attached hydrogen (secondary N) is 2. The molecule has 2 N–H and O–H groups in total. The van der Waals surface area contributed by atoms with E-state index in [-0.39, 0.29) is 5.91 Å². The Hall–Kier alpha value is -3.15. The molecule has 0 aliphatic carbocycles. The van der Waals surface area contributed by atoms with Gasteiger partial charge in [0.2, 0.25) is 17.7 Å². The number of amides is 1. The third kappa shape index (κ3) is 4.67. The van der Waals surface area contributed by atoms with Gasteiger partial charge in [-0.15, -0.1) is 10.2 Å². The molecule has 0 radical (unpaired) electrons. The Kier molecular flexibility index (Phi) is 5.09. The monoisotopic (exact) mass is 336 g/mol. The van der Waals surface area contributed by atoms with E-state index in [0.29, 0.717) is 24.7 Å². The third-order valence-electron chi connectivity index (χ3n) is 3.62. The molecular weight excluding hydrogens is 316 g/mol. The van der Waals surface area contributed by atoms with E-state index in [2.05, 4.69) is 20.8 Å². The molecular formula is C19H20N4O2. The molecule has 0 unspecified atom stereocenters. The number of carbonyl (C=O) groups excluding carboxylic acids is 1. The molecule has 1 heterocycles. The van der Waals surface area contributed by atoms with Crippen LogP contribution in [0.5, 0.6) is 0 Å². The number of carbonyl (C=O) groups is 1. The Morgan fingerprint density at radius 2 is 1.80 bits per heavy atom. The van der Waals surface area contributed by atoms with Gasteiger partial charge in [0.15, 0.2) is 0 Å². The van der Waals surface area contributed by atoms with Gasteiger partial charge in [-0.2, -0.15) is 0 Å². The molecule has 1 amide bonds. The molecule has 0 aliphatic heterocycles. The molecule has 0 saturated heterocycles. The molecule has 0 spiro atoms. The number of benzene rings is 2. The van der Waals surface area contributed by atoms with Crippen molar-refractivity contribution in [3.8, 4) is 0 Å². The molecule has 3 aromatic rings. The van der Waals surface area contributed by atoms with Crippen LogP contribution in [-0.4, -0.2) is 16.1 Å². The van der Waals surface area contributed by atoms with E-state index >= 15 is 0 Å². The summed E-state index contributed by atoms with van der Waals surface area (Å²) in [5, 5.41) is 14.2. The van der Waals surface area contributed by atoms with Crippen LogP contribution in [0.1, 0.15) is 29.8 Å². The Morgan fingerprint density at radius 3 is 2.56 bits per heavy atom. The zero-order chi connectivity index (χ0) is 17.6. The predicted molar refractivity (Wildman–Crippen MR) is 96.4 cm³/mol. The summed E-state index contributed by atoms with van der Waals surface area (Å²) in [5.41, 5.74) is 3.75. The standard InChI is InChI=1S/C19H20N4O2/c1-13-8-9-16(21-14(2)24)17(10-13)20-12-19-23-22-18(25-19)11-15-6-4-3-5-7-15/h3-10,20H,11-12H2,1-2H3,(H,21,24). The second kappa shape index (κ2) is 7.61. The molecule has 25 heavy (non-hydrogen) atoms. The van der Waals surface area contributed by atoms with Crippen molar-refractivity contribution >= 4 is 17.3 Å². The average molecular weight is 336 g/mol. The lowest BCUT2D eigenvalue weighted by Gasteiger charge is -2.12. The van der Waals surface area contributed by atoms with Crippen molar-refractivity contribution in [3.05, 3.63) is 71.4 Å². The van der Waals surface area contributed by atoms with E-state index in [0.717, 1.165) is 22.5 Å². The minimum atomic E-state index is -0.116. The largest absolute Gasteiger partial charge is 0.423 e. The van der Waals surface area contributed by atoms with Crippen LogP contribution in [0.25, 0.3) is 0 Å². The third-order valence-corrected chi connectivity index (χ3v) is 3.62. The van der Waals surface area contributed by atoms with Crippen LogP contribution in [0.15, 0.2) is 52.9 Å². The maximum atomic E-state index is 11.3. The van der Waals surface area contributed by atoms with Gasteiger partial charge in [-0.05, 0) is 30.2 Å². The highest BCUT2D eigenvalue weighted by Gasteiger charge is 2.09. The maximum Gasteiger partial charge on any atom is 0.235 e. The zero-order valence-electron chi connectivity index (χ0n) is 14.2. The summed E-state index contributed by atoms with van der Waals surface area (Å²) in [5.74, 6) is 0.963. The Bertz CT molecular complexity index is 859. The van der Waals surface area contributed by atoms with E-state index in [1.807, 2.05) is 55.5 Å². The Labute approximate surface area is 146 Å².